The van der Waals surface area contributed by atoms with Gasteiger partial charge in [-0.05, 0) is 61.6 Å². The van der Waals surface area contributed by atoms with Crippen LogP contribution in [0.5, 0.6) is 0 Å². The predicted molar refractivity (Wildman–Crippen MR) is 106 cm³/mol. The van der Waals surface area contributed by atoms with E-state index < -0.39 is 34.4 Å². The minimum absolute atomic E-state index is 0.0403. The Labute approximate surface area is 170 Å². The molecule has 0 spiro atoms. The summed E-state index contributed by atoms with van der Waals surface area (Å²) in [6.07, 6.45) is 2.18. The van der Waals surface area contributed by atoms with Crippen LogP contribution in [0.15, 0.2) is 41.3 Å². The van der Waals surface area contributed by atoms with E-state index in [1.54, 1.807) is 0 Å². The molecule has 1 aliphatic carbocycles. The van der Waals surface area contributed by atoms with Crippen LogP contribution in [0.1, 0.15) is 24.5 Å². The van der Waals surface area contributed by atoms with Gasteiger partial charge in [0.1, 0.15) is 0 Å². The zero-order valence-corrected chi connectivity index (χ0v) is 16.5. The fraction of sp³-hybridized carbons (Fsp3) is 0.300. The molecule has 0 radical (unpaired) electrons. The van der Waals surface area contributed by atoms with Crippen LogP contribution in [0.3, 0.4) is 0 Å². The zero-order valence-electron chi connectivity index (χ0n) is 15.6. The van der Waals surface area contributed by atoms with Gasteiger partial charge in [-0.2, -0.15) is 4.39 Å². The molecule has 9 heteroatoms. The number of amides is 1. The summed E-state index contributed by atoms with van der Waals surface area (Å²) in [6, 6.07) is 9.12. The lowest BCUT2D eigenvalue weighted by Gasteiger charge is -2.13. The number of carbonyl (C=O) groups is 2. The average molecular weight is 418 g/mol. The Balaban J connectivity index is 1.50. The van der Waals surface area contributed by atoms with E-state index in [9.17, 15) is 24.1 Å². The second kappa shape index (κ2) is 9.04. The third-order valence-corrected chi connectivity index (χ3v) is 5.48. The minimum Gasteiger partial charge on any atom is -0.452 e. The van der Waals surface area contributed by atoms with Gasteiger partial charge in [0.15, 0.2) is 6.10 Å². The highest BCUT2D eigenvalue weighted by Crippen LogP contribution is 2.27. The first-order valence-electron chi connectivity index (χ1n) is 9.02. The number of esters is 1. The molecule has 0 bridgehead atoms. The van der Waals surface area contributed by atoms with Gasteiger partial charge in [-0.15, -0.1) is 11.8 Å². The van der Waals surface area contributed by atoms with E-state index in [0.29, 0.717) is 0 Å². The van der Waals surface area contributed by atoms with Gasteiger partial charge >= 0.3 is 11.7 Å². The summed E-state index contributed by atoms with van der Waals surface area (Å²) < 4.78 is 18.5. The van der Waals surface area contributed by atoms with E-state index in [2.05, 4.69) is 17.4 Å². The topological polar surface area (TPSA) is 98.5 Å². The summed E-state index contributed by atoms with van der Waals surface area (Å²) in [5.41, 5.74) is 1.95. The summed E-state index contributed by atoms with van der Waals surface area (Å²) in [7, 11) is 0. The van der Waals surface area contributed by atoms with Gasteiger partial charge < -0.3 is 10.1 Å². The molecule has 2 aromatic rings. The first kappa shape index (κ1) is 20.8. The van der Waals surface area contributed by atoms with Gasteiger partial charge in [0, 0.05) is 16.6 Å². The van der Waals surface area contributed by atoms with E-state index in [1.807, 2.05) is 6.07 Å². The minimum atomic E-state index is -1.10. The lowest BCUT2D eigenvalue weighted by molar-refractivity contribution is -0.387. The molecule has 0 saturated heterocycles. The number of nitrogens with zero attached hydrogens (tertiary/aromatic N) is 1. The normalized spacial score (nSPS) is 13.4. The quantitative estimate of drug-likeness (QED) is 0.317. The van der Waals surface area contributed by atoms with Crippen LogP contribution in [0, 0.1) is 15.9 Å². The molecule has 29 heavy (non-hydrogen) atoms. The first-order valence-corrected chi connectivity index (χ1v) is 10.0. The molecule has 152 valence electrons. The summed E-state index contributed by atoms with van der Waals surface area (Å²) in [5.74, 6) is -2.17. The monoisotopic (exact) mass is 418 g/mol. The lowest BCUT2D eigenvalue weighted by Crippen LogP contribution is -2.30. The van der Waals surface area contributed by atoms with Crippen molar-refractivity contribution < 1.29 is 23.6 Å². The zero-order chi connectivity index (χ0) is 21.0. The van der Waals surface area contributed by atoms with Crippen LogP contribution < -0.4 is 5.32 Å². The Kier molecular flexibility index (Phi) is 6.48. The van der Waals surface area contributed by atoms with Crippen molar-refractivity contribution >= 4 is 35.0 Å². The number of ether oxygens (including phenoxy) is 1. The second-order valence-corrected chi connectivity index (χ2v) is 7.67. The number of nitro groups is 1. The van der Waals surface area contributed by atoms with Crippen LogP contribution >= 0.6 is 11.8 Å². The third-order valence-electron chi connectivity index (χ3n) is 4.51. The molecular weight excluding hydrogens is 399 g/mol. The number of aryl methyl sites for hydroxylation is 2. The summed E-state index contributed by atoms with van der Waals surface area (Å²) in [5, 5.41) is 13.1. The van der Waals surface area contributed by atoms with Crippen molar-refractivity contribution in [1.29, 1.82) is 0 Å². The van der Waals surface area contributed by atoms with Gasteiger partial charge in [-0.25, -0.2) is 0 Å². The summed E-state index contributed by atoms with van der Waals surface area (Å²) >= 11 is 1.34. The molecule has 3 rings (SSSR count). The molecule has 0 fully saturated rings. The Bertz CT molecular complexity index is 966. The SMILES string of the molecule is CC(OC(=O)CSc1ccc2c(c1)CCC2)C(=O)Nc1ccc(F)c([N+](=O)[O-])c1. The molecule has 1 aliphatic rings. The number of nitro benzene ring substituents is 1. The average Bonchev–Trinajstić information content (AvgIpc) is 3.15. The molecule has 0 aromatic heterocycles. The fourth-order valence-corrected chi connectivity index (χ4v) is 3.78. The molecule has 1 amide bonds. The molecule has 1 N–H and O–H groups in total. The number of hydrogen-bond donors (Lipinski definition) is 1. The fourth-order valence-electron chi connectivity index (χ4n) is 3.04. The molecule has 0 heterocycles. The van der Waals surface area contributed by atoms with Gasteiger partial charge in [-0.1, -0.05) is 6.07 Å². The molecule has 7 nitrogen and oxygen atoms in total. The van der Waals surface area contributed by atoms with Crippen LogP contribution in [0.25, 0.3) is 0 Å². The van der Waals surface area contributed by atoms with Crippen molar-refractivity contribution in [3.63, 3.8) is 0 Å². The van der Waals surface area contributed by atoms with Gasteiger partial charge in [0.2, 0.25) is 5.82 Å². The highest BCUT2D eigenvalue weighted by molar-refractivity contribution is 8.00. The Hall–Kier alpha value is -2.94. The van der Waals surface area contributed by atoms with Crippen molar-refractivity contribution in [3.8, 4) is 0 Å². The van der Waals surface area contributed by atoms with Crippen LogP contribution in [0.4, 0.5) is 15.8 Å². The van der Waals surface area contributed by atoms with E-state index in [4.69, 9.17) is 4.74 Å². The molecule has 0 aliphatic heterocycles. The number of fused-ring (bicyclic) bond motifs is 1. The number of thioether (sulfide) groups is 1. The number of carbonyl (C=O) groups excluding carboxylic acids is 2. The van der Waals surface area contributed by atoms with Crippen LogP contribution in [-0.4, -0.2) is 28.7 Å². The van der Waals surface area contributed by atoms with Crippen LogP contribution in [0.2, 0.25) is 0 Å². The van der Waals surface area contributed by atoms with Gasteiger partial charge in [0.25, 0.3) is 5.91 Å². The highest BCUT2D eigenvalue weighted by atomic mass is 32.2. The number of rotatable bonds is 7. The molecule has 2 aromatic carbocycles. The van der Waals surface area contributed by atoms with Crippen molar-refractivity contribution in [3.05, 3.63) is 63.5 Å². The van der Waals surface area contributed by atoms with Crippen molar-refractivity contribution in [2.75, 3.05) is 11.1 Å². The van der Waals surface area contributed by atoms with E-state index >= 15 is 0 Å². The Morgan fingerprint density at radius 2 is 2.00 bits per heavy atom. The number of nitrogens with one attached hydrogen (secondary N) is 1. The first-order chi connectivity index (χ1) is 13.8. The molecule has 1 unspecified atom stereocenters. The number of anilines is 1. The van der Waals surface area contributed by atoms with E-state index in [1.165, 1.54) is 35.9 Å². The Morgan fingerprint density at radius 1 is 1.24 bits per heavy atom. The third kappa shape index (κ3) is 5.32. The van der Waals surface area contributed by atoms with Crippen molar-refractivity contribution in [1.82, 2.24) is 0 Å². The maximum atomic E-state index is 13.4. The summed E-state index contributed by atoms with van der Waals surface area (Å²) in [6.45, 7) is 1.39. The Morgan fingerprint density at radius 3 is 2.76 bits per heavy atom. The number of hydrogen-bond acceptors (Lipinski definition) is 6. The van der Waals surface area contributed by atoms with E-state index in [0.717, 1.165) is 36.3 Å². The molecular formula is C20H19FN2O5S. The highest BCUT2D eigenvalue weighted by Gasteiger charge is 2.21. The summed E-state index contributed by atoms with van der Waals surface area (Å²) in [4.78, 5) is 35.1. The maximum Gasteiger partial charge on any atom is 0.317 e. The lowest BCUT2D eigenvalue weighted by atomic mass is 10.1. The van der Waals surface area contributed by atoms with Crippen LogP contribution in [-0.2, 0) is 27.2 Å². The molecule has 0 saturated carbocycles. The smallest absolute Gasteiger partial charge is 0.317 e. The second-order valence-electron chi connectivity index (χ2n) is 6.62. The van der Waals surface area contributed by atoms with Gasteiger partial charge in [0.05, 0.1) is 10.7 Å². The van der Waals surface area contributed by atoms with Gasteiger partial charge in [-0.3, -0.25) is 19.7 Å². The van der Waals surface area contributed by atoms with Crippen molar-refractivity contribution in [2.24, 2.45) is 0 Å². The maximum absolute atomic E-state index is 13.4. The largest absolute Gasteiger partial charge is 0.452 e. The number of halogens is 1. The number of benzene rings is 2. The predicted octanol–water partition coefficient (Wildman–Crippen LogP) is 3.89. The molecule has 1 atom stereocenters. The standard InChI is InChI=1S/C20H19FN2O5S/c1-12(20(25)22-15-6-8-17(21)18(10-15)23(26)27)28-19(24)11-29-16-7-5-13-3-2-4-14(13)9-16/h5-10,12H,2-4,11H2,1H3,(H,22,25). The van der Waals surface area contributed by atoms with Crippen molar-refractivity contribution in [2.45, 2.75) is 37.2 Å². The van der Waals surface area contributed by atoms with E-state index in [-0.39, 0.29) is 11.4 Å².